The van der Waals surface area contributed by atoms with Crippen molar-refractivity contribution in [2.75, 3.05) is 0 Å². The van der Waals surface area contributed by atoms with E-state index in [4.69, 9.17) is 0 Å². The summed E-state index contributed by atoms with van der Waals surface area (Å²) < 4.78 is 0. The molecule has 2 rings (SSSR count). The van der Waals surface area contributed by atoms with Crippen LogP contribution in [0.3, 0.4) is 0 Å². The van der Waals surface area contributed by atoms with E-state index in [9.17, 15) is 0 Å². The van der Waals surface area contributed by atoms with Crippen molar-refractivity contribution in [2.45, 2.75) is 91.4 Å². The monoisotopic (exact) mass is 238 g/mol. The van der Waals surface area contributed by atoms with Gasteiger partial charge in [-0.25, -0.2) is 0 Å². The first kappa shape index (κ1) is 15.1. The largest absolute Gasteiger partial charge is 0.0654 e. The van der Waals surface area contributed by atoms with Crippen LogP contribution < -0.4 is 0 Å². The van der Waals surface area contributed by atoms with E-state index in [1.165, 1.54) is 70.6 Å². The lowest BCUT2D eigenvalue weighted by molar-refractivity contribution is 0.193. The first-order valence-corrected chi connectivity index (χ1v) is 8.24. The summed E-state index contributed by atoms with van der Waals surface area (Å²) in [6, 6.07) is 0. The van der Waals surface area contributed by atoms with Gasteiger partial charge in [-0.15, -0.1) is 0 Å². The van der Waals surface area contributed by atoms with Crippen LogP contribution in [0.15, 0.2) is 0 Å². The molecule has 0 spiro atoms. The van der Waals surface area contributed by atoms with Gasteiger partial charge in [-0.1, -0.05) is 78.6 Å². The molecule has 17 heavy (non-hydrogen) atoms. The normalized spacial score (nSPS) is 33.7. The molecule has 102 valence electrons. The van der Waals surface area contributed by atoms with Crippen molar-refractivity contribution in [3.63, 3.8) is 0 Å². The lowest BCUT2D eigenvalue weighted by Gasteiger charge is -2.32. The van der Waals surface area contributed by atoms with Crippen molar-refractivity contribution in [2.24, 2.45) is 17.8 Å². The zero-order chi connectivity index (χ0) is 12.5. The molecule has 3 unspecified atom stereocenters. The molecule has 0 radical (unpaired) electrons. The van der Waals surface area contributed by atoms with Crippen LogP contribution in [-0.2, 0) is 0 Å². The molecule has 0 heteroatoms. The molecule has 2 aliphatic carbocycles. The van der Waals surface area contributed by atoms with Gasteiger partial charge >= 0.3 is 0 Å². The van der Waals surface area contributed by atoms with Crippen molar-refractivity contribution in [3.8, 4) is 0 Å². The average molecular weight is 238 g/mol. The first-order chi connectivity index (χ1) is 8.24. The Morgan fingerprint density at radius 1 is 0.824 bits per heavy atom. The summed E-state index contributed by atoms with van der Waals surface area (Å²) in [6.07, 6.45) is 16.3. The zero-order valence-electron chi connectivity index (χ0n) is 12.5. The fourth-order valence-corrected chi connectivity index (χ4v) is 3.59. The van der Waals surface area contributed by atoms with Gasteiger partial charge in [0.15, 0.2) is 0 Å². The Kier molecular flexibility index (Phi) is 7.97. The Morgan fingerprint density at radius 2 is 1.35 bits per heavy atom. The number of hydrogen-bond acceptors (Lipinski definition) is 0. The topological polar surface area (TPSA) is 0 Å². The smallest absolute Gasteiger partial charge is 0.0388 e. The first-order valence-electron chi connectivity index (χ1n) is 8.24. The van der Waals surface area contributed by atoms with Gasteiger partial charge in [0, 0.05) is 0 Å². The van der Waals surface area contributed by atoms with Gasteiger partial charge in [0.1, 0.15) is 0 Å². The highest BCUT2D eigenvalue weighted by molar-refractivity contribution is 4.75. The van der Waals surface area contributed by atoms with Gasteiger partial charge in [0.25, 0.3) is 0 Å². The molecule has 0 amide bonds. The second-order valence-electron chi connectivity index (χ2n) is 6.57. The molecule has 2 aliphatic rings. The van der Waals surface area contributed by atoms with E-state index in [1.54, 1.807) is 0 Å². The molecule has 3 atom stereocenters. The van der Waals surface area contributed by atoms with Gasteiger partial charge in [-0.05, 0) is 30.6 Å². The molecule has 0 aromatic heterocycles. The third-order valence-corrected chi connectivity index (χ3v) is 4.77. The summed E-state index contributed by atoms with van der Waals surface area (Å²) in [6.45, 7) is 7.15. The maximum absolute atomic E-state index is 2.44. The summed E-state index contributed by atoms with van der Waals surface area (Å²) in [5.74, 6) is 3.05. The highest BCUT2D eigenvalue weighted by atomic mass is 14.3. The summed E-state index contributed by atoms with van der Waals surface area (Å²) in [5, 5.41) is 0. The predicted octanol–water partition coefficient (Wildman–Crippen LogP) is 6.20. The van der Waals surface area contributed by atoms with Crippen LogP contribution in [0.4, 0.5) is 0 Å². The summed E-state index contributed by atoms with van der Waals surface area (Å²) >= 11 is 0. The van der Waals surface area contributed by atoms with Crippen LogP contribution in [0.2, 0.25) is 0 Å². The van der Waals surface area contributed by atoms with E-state index in [0.717, 1.165) is 17.8 Å². The molecular weight excluding hydrogens is 204 g/mol. The molecule has 0 aromatic carbocycles. The lowest BCUT2D eigenvalue weighted by Crippen LogP contribution is -2.21. The molecule has 0 saturated heterocycles. The lowest BCUT2D eigenvalue weighted by atomic mass is 9.74. The van der Waals surface area contributed by atoms with Gasteiger partial charge in [-0.3, -0.25) is 0 Å². The van der Waals surface area contributed by atoms with E-state index in [-0.39, 0.29) is 0 Å². The van der Waals surface area contributed by atoms with Crippen LogP contribution in [0, 0.1) is 17.8 Å². The Labute approximate surface area is 110 Å². The number of rotatable bonds is 2. The zero-order valence-corrected chi connectivity index (χ0v) is 12.5. The van der Waals surface area contributed by atoms with Crippen molar-refractivity contribution >= 4 is 0 Å². The van der Waals surface area contributed by atoms with Crippen LogP contribution in [0.25, 0.3) is 0 Å². The van der Waals surface area contributed by atoms with Gasteiger partial charge in [0.05, 0.1) is 0 Å². The average Bonchev–Trinajstić information content (AvgIpc) is 2.36. The second-order valence-corrected chi connectivity index (χ2v) is 6.57. The minimum atomic E-state index is 0.998. The van der Waals surface area contributed by atoms with Gasteiger partial charge in [-0.2, -0.15) is 0 Å². The van der Waals surface area contributed by atoms with E-state index in [2.05, 4.69) is 20.8 Å². The third-order valence-electron chi connectivity index (χ3n) is 4.77. The van der Waals surface area contributed by atoms with Gasteiger partial charge < -0.3 is 0 Å². The van der Waals surface area contributed by atoms with Crippen molar-refractivity contribution < 1.29 is 0 Å². The summed E-state index contributed by atoms with van der Waals surface area (Å²) in [7, 11) is 0. The van der Waals surface area contributed by atoms with Crippen molar-refractivity contribution in [3.05, 3.63) is 0 Å². The molecule has 0 N–H and O–H groups in total. The molecular formula is C17H34. The molecule has 2 saturated carbocycles. The van der Waals surface area contributed by atoms with Crippen LogP contribution in [-0.4, -0.2) is 0 Å². The van der Waals surface area contributed by atoms with E-state index < -0.39 is 0 Å². The molecule has 0 aromatic rings. The molecule has 0 heterocycles. The Bertz CT molecular complexity index is 157. The second kappa shape index (κ2) is 9.00. The minimum absolute atomic E-state index is 0.998. The maximum atomic E-state index is 2.44. The van der Waals surface area contributed by atoms with Gasteiger partial charge in [0.2, 0.25) is 0 Å². The molecule has 0 aliphatic heterocycles. The summed E-state index contributed by atoms with van der Waals surface area (Å²) in [4.78, 5) is 0. The quantitative estimate of drug-likeness (QED) is 0.537. The van der Waals surface area contributed by atoms with Crippen molar-refractivity contribution in [1.29, 1.82) is 0 Å². The van der Waals surface area contributed by atoms with Crippen molar-refractivity contribution in [1.82, 2.24) is 0 Å². The van der Waals surface area contributed by atoms with E-state index in [0.29, 0.717) is 0 Å². The maximum Gasteiger partial charge on any atom is -0.0388 e. The standard InChI is InChI=1S/C11H22.C6H12/c1-4-5-11-7-6-9(2)8-10(11)3;1-2-4-6-5-3-1/h9-11H,4-8H2,1-3H3;1-6H2. The minimum Gasteiger partial charge on any atom is -0.0654 e. The van der Waals surface area contributed by atoms with Crippen LogP contribution in [0.1, 0.15) is 91.4 Å². The third kappa shape index (κ3) is 6.48. The Morgan fingerprint density at radius 3 is 1.76 bits per heavy atom. The van der Waals surface area contributed by atoms with E-state index >= 15 is 0 Å². The Balaban J connectivity index is 0.000000202. The fourth-order valence-electron chi connectivity index (χ4n) is 3.59. The molecule has 0 nitrogen and oxygen atoms in total. The highest BCUT2D eigenvalue weighted by Gasteiger charge is 2.23. The Hall–Kier alpha value is 0. The number of hydrogen-bond donors (Lipinski definition) is 0. The SMILES string of the molecule is C1CCCCC1.CCCC1CCC(C)CC1C. The molecule has 0 bridgehead atoms. The molecule has 2 fully saturated rings. The fraction of sp³-hybridized carbons (Fsp3) is 1.00. The summed E-state index contributed by atoms with van der Waals surface area (Å²) in [5.41, 5.74) is 0. The van der Waals surface area contributed by atoms with Crippen LogP contribution >= 0.6 is 0 Å². The van der Waals surface area contributed by atoms with E-state index in [1.807, 2.05) is 0 Å². The predicted molar refractivity (Wildman–Crippen MR) is 78.3 cm³/mol. The van der Waals surface area contributed by atoms with Crippen LogP contribution in [0.5, 0.6) is 0 Å². The highest BCUT2D eigenvalue weighted by Crippen LogP contribution is 2.35.